The first-order valence-corrected chi connectivity index (χ1v) is 10.8. The number of halogens is 3. The van der Waals surface area contributed by atoms with Crippen molar-refractivity contribution in [1.82, 2.24) is 9.58 Å². The lowest BCUT2D eigenvalue weighted by Crippen LogP contribution is -2.31. The molecule has 0 spiro atoms. The third kappa shape index (κ3) is 5.43. The number of carbonyl (C=O) groups is 1. The Morgan fingerprint density at radius 1 is 1.09 bits per heavy atom. The number of nitrogens with zero attached hydrogens (tertiary/aromatic N) is 2. The summed E-state index contributed by atoms with van der Waals surface area (Å²) in [5.74, 6) is -0.213. The summed E-state index contributed by atoms with van der Waals surface area (Å²) in [5, 5.41) is 1.08. The highest BCUT2D eigenvalue weighted by Crippen LogP contribution is 2.28. The number of ether oxygens (including phenoxy) is 1. The van der Waals surface area contributed by atoms with Crippen molar-refractivity contribution in [3.63, 3.8) is 0 Å². The quantitative estimate of drug-likeness (QED) is 0.512. The number of benzene rings is 2. The molecule has 8 heteroatoms. The van der Waals surface area contributed by atoms with Gasteiger partial charge in [0.2, 0.25) is 5.91 Å². The molecule has 5 nitrogen and oxygen atoms in total. The first-order chi connectivity index (χ1) is 15.3. The Labute approximate surface area is 184 Å². The molecule has 32 heavy (non-hydrogen) atoms. The van der Waals surface area contributed by atoms with Crippen molar-refractivity contribution < 1.29 is 22.7 Å². The fourth-order valence-electron chi connectivity index (χ4n) is 4.22. The normalized spacial score (nSPS) is 14.4. The molecule has 2 aromatic carbocycles. The third-order valence-electron chi connectivity index (χ3n) is 5.76. The molecule has 1 aromatic heterocycles. The fraction of sp³-hybridized carbons (Fsp3) is 0.375. The molecule has 0 saturated heterocycles. The number of hydrogen-bond donors (Lipinski definition) is 1. The Bertz CT molecular complexity index is 1110. The minimum absolute atomic E-state index is 0.0348. The lowest BCUT2D eigenvalue weighted by molar-refractivity contribution is -0.274. The van der Waals surface area contributed by atoms with Crippen molar-refractivity contribution in [3.8, 4) is 5.75 Å². The van der Waals surface area contributed by atoms with Gasteiger partial charge in [0.05, 0.1) is 5.52 Å². The SMILES string of the molecule is Cc1cc2ccccc2n1NC(=O)CCCCN1CCc2ccc(OC(F)(F)F)cc2C1. The van der Waals surface area contributed by atoms with Gasteiger partial charge in [-0.05, 0) is 68.1 Å². The largest absolute Gasteiger partial charge is 0.573 e. The zero-order valence-electron chi connectivity index (χ0n) is 17.9. The number of unbranched alkanes of at least 4 members (excludes halogenated alkanes) is 1. The van der Waals surface area contributed by atoms with Crippen LogP contribution in [-0.2, 0) is 17.8 Å². The first kappa shape index (κ1) is 22.2. The van der Waals surface area contributed by atoms with Gasteiger partial charge in [-0.25, -0.2) is 0 Å². The van der Waals surface area contributed by atoms with E-state index in [4.69, 9.17) is 0 Å². The number of hydrogen-bond acceptors (Lipinski definition) is 3. The molecule has 1 amide bonds. The molecule has 170 valence electrons. The summed E-state index contributed by atoms with van der Waals surface area (Å²) in [6.07, 6.45) is -1.89. The van der Waals surface area contributed by atoms with E-state index in [1.54, 1.807) is 6.07 Å². The van der Waals surface area contributed by atoms with Gasteiger partial charge in [0.1, 0.15) is 5.75 Å². The number of aryl methyl sites for hydroxylation is 1. The average molecular weight is 445 g/mol. The van der Waals surface area contributed by atoms with E-state index in [1.807, 2.05) is 41.9 Å². The van der Waals surface area contributed by atoms with Crippen molar-refractivity contribution >= 4 is 16.8 Å². The second-order valence-corrected chi connectivity index (χ2v) is 8.18. The maximum atomic E-state index is 12.5. The maximum absolute atomic E-state index is 12.5. The van der Waals surface area contributed by atoms with Crippen molar-refractivity contribution in [1.29, 1.82) is 0 Å². The van der Waals surface area contributed by atoms with Gasteiger partial charge in [0.15, 0.2) is 0 Å². The molecular formula is C24H26F3N3O2. The van der Waals surface area contributed by atoms with Crippen LogP contribution in [0.25, 0.3) is 10.9 Å². The van der Waals surface area contributed by atoms with Gasteiger partial charge in [0.25, 0.3) is 0 Å². The molecule has 0 aliphatic carbocycles. The molecule has 3 aromatic rings. The van der Waals surface area contributed by atoms with Crippen molar-refractivity contribution in [2.45, 2.75) is 45.5 Å². The summed E-state index contributed by atoms with van der Waals surface area (Å²) in [6.45, 7) is 4.19. The maximum Gasteiger partial charge on any atom is 0.573 e. The van der Waals surface area contributed by atoms with E-state index < -0.39 is 6.36 Å². The van der Waals surface area contributed by atoms with Crippen LogP contribution in [0.1, 0.15) is 36.1 Å². The predicted molar refractivity (Wildman–Crippen MR) is 117 cm³/mol. The smallest absolute Gasteiger partial charge is 0.406 e. The highest BCUT2D eigenvalue weighted by Gasteiger charge is 2.31. The molecule has 1 aliphatic rings. The number of carbonyl (C=O) groups excluding carboxylic acids is 1. The molecule has 4 rings (SSSR count). The Morgan fingerprint density at radius 2 is 1.91 bits per heavy atom. The topological polar surface area (TPSA) is 46.5 Å². The number of alkyl halides is 3. The van der Waals surface area contributed by atoms with Crippen LogP contribution >= 0.6 is 0 Å². The Balaban J connectivity index is 1.24. The van der Waals surface area contributed by atoms with Crippen molar-refractivity contribution in [2.75, 3.05) is 18.5 Å². The summed E-state index contributed by atoms with van der Waals surface area (Å²) in [7, 11) is 0. The van der Waals surface area contributed by atoms with E-state index in [0.29, 0.717) is 13.0 Å². The van der Waals surface area contributed by atoms with Crippen LogP contribution in [0.5, 0.6) is 5.75 Å². The molecule has 0 fully saturated rings. The molecule has 0 atom stereocenters. The molecule has 0 unspecified atom stereocenters. The van der Waals surface area contributed by atoms with Gasteiger partial charge in [-0.3, -0.25) is 19.8 Å². The number of fused-ring (bicyclic) bond motifs is 2. The van der Waals surface area contributed by atoms with Gasteiger partial charge in [-0.1, -0.05) is 24.3 Å². The van der Waals surface area contributed by atoms with Crippen LogP contribution < -0.4 is 10.2 Å². The molecule has 0 bridgehead atoms. The summed E-state index contributed by atoms with van der Waals surface area (Å²) < 4.78 is 43.3. The van der Waals surface area contributed by atoms with Crippen molar-refractivity contribution in [3.05, 3.63) is 65.4 Å². The molecule has 0 saturated carbocycles. The lowest BCUT2D eigenvalue weighted by atomic mass is 9.99. The number of aromatic nitrogens is 1. The summed E-state index contributed by atoms with van der Waals surface area (Å²) in [4.78, 5) is 14.6. The van der Waals surface area contributed by atoms with Crippen LogP contribution in [0.4, 0.5) is 13.2 Å². The second kappa shape index (κ2) is 9.24. The van der Waals surface area contributed by atoms with Crippen LogP contribution in [0.15, 0.2) is 48.5 Å². The highest BCUT2D eigenvalue weighted by atomic mass is 19.4. The predicted octanol–water partition coefficient (Wildman–Crippen LogP) is 5.15. The Kier molecular flexibility index (Phi) is 6.41. The molecular weight excluding hydrogens is 419 g/mol. The standard InChI is InChI=1S/C24H26F3N3O2/c1-17-14-19-6-2-3-7-22(19)30(17)28-23(31)8-4-5-12-29-13-11-18-9-10-21(15-20(18)16-29)32-24(25,26)27/h2-3,6-7,9-10,14-15H,4-5,8,11-13,16H2,1H3,(H,28,31). The lowest BCUT2D eigenvalue weighted by Gasteiger charge is -2.29. The highest BCUT2D eigenvalue weighted by molar-refractivity contribution is 5.88. The summed E-state index contributed by atoms with van der Waals surface area (Å²) in [6, 6.07) is 14.5. The van der Waals surface area contributed by atoms with E-state index in [9.17, 15) is 18.0 Å². The fourth-order valence-corrected chi connectivity index (χ4v) is 4.22. The van der Waals surface area contributed by atoms with Gasteiger partial charge in [0, 0.05) is 30.6 Å². The molecule has 0 radical (unpaired) electrons. The first-order valence-electron chi connectivity index (χ1n) is 10.8. The van der Waals surface area contributed by atoms with E-state index in [2.05, 4.69) is 15.1 Å². The number of nitrogens with one attached hydrogen (secondary N) is 1. The van der Waals surface area contributed by atoms with Crippen molar-refractivity contribution in [2.24, 2.45) is 0 Å². The van der Waals surface area contributed by atoms with Gasteiger partial charge in [-0.15, -0.1) is 13.2 Å². The summed E-state index contributed by atoms with van der Waals surface area (Å²) in [5.41, 5.74) is 6.84. The van der Waals surface area contributed by atoms with Gasteiger partial charge in [-0.2, -0.15) is 0 Å². The molecule has 1 N–H and O–H groups in total. The van der Waals surface area contributed by atoms with Crippen LogP contribution in [0, 0.1) is 6.92 Å². The van der Waals surface area contributed by atoms with E-state index in [-0.39, 0.29) is 11.7 Å². The molecule has 2 heterocycles. The zero-order valence-corrected chi connectivity index (χ0v) is 17.9. The van der Waals surface area contributed by atoms with Gasteiger partial charge >= 0.3 is 6.36 Å². The summed E-state index contributed by atoms with van der Waals surface area (Å²) >= 11 is 0. The van der Waals surface area contributed by atoms with E-state index in [1.165, 1.54) is 12.1 Å². The average Bonchev–Trinajstić information content (AvgIpc) is 3.05. The third-order valence-corrected chi connectivity index (χ3v) is 5.76. The number of rotatable bonds is 7. The van der Waals surface area contributed by atoms with Crippen LogP contribution in [0.2, 0.25) is 0 Å². The minimum atomic E-state index is -4.69. The van der Waals surface area contributed by atoms with Gasteiger partial charge < -0.3 is 4.74 Å². The Hall–Kier alpha value is -3.00. The van der Waals surface area contributed by atoms with E-state index in [0.717, 1.165) is 60.1 Å². The molecule has 1 aliphatic heterocycles. The van der Waals surface area contributed by atoms with Crippen LogP contribution in [0.3, 0.4) is 0 Å². The van der Waals surface area contributed by atoms with E-state index >= 15 is 0 Å². The number of para-hydroxylation sites is 1. The van der Waals surface area contributed by atoms with Crippen LogP contribution in [-0.4, -0.2) is 34.9 Å². The monoisotopic (exact) mass is 445 g/mol. The Morgan fingerprint density at radius 3 is 2.72 bits per heavy atom. The second-order valence-electron chi connectivity index (χ2n) is 8.18. The number of amides is 1. The zero-order chi connectivity index (χ0) is 22.7. The minimum Gasteiger partial charge on any atom is -0.406 e.